The molecule has 1 aromatic heterocycles. The maximum Gasteiger partial charge on any atom is 0.224 e. The quantitative estimate of drug-likeness (QED) is 0.787. The number of nitrogens with one attached hydrogen (secondary N) is 2. The molecular formula is C11H19FN4S. The lowest BCUT2D eigenvalue weighted by Gasteiger charge is -2.14. The van der Waals surface area contributed by atoms with Crippen LogP contribution in [0.2, 0.25) is 0 Å². The van der Waals surface area contributed by atoms with Crippen molar-refractivity contribution in [1.29, 1.82) is 0 Å². The molecule has 4 nitrogen and oxygen atoms in total. The predicted molar refractivity (Wildman–Crippen MR) is 72.2 cm³/mol. The standard InChI is InChI=1S/C11H19FN4S/c1-4-13-11-14-6-9(12)10(16-11)15-8(3)7-17-5-2/h6,8H,4-5,7H2,1-3H3,(H2,13,14,15,16). The summed E-state index contributed by atoms with van der Waals surface area (Å²) in [5.74, 6) is 2.28. The van der Waals surface area contributed by atoms with Gasteiger partial charge < -0.3 is 10.6 Å². The van der Waals surface area contributed by atoms with Crippen LogP contribution in [0, 0.1) is 5.82 Å². The number of nitrogens with zero attached hydrogens (tertiary/aromatic N) is 2. The van der Waals surface area contributed by atoms with Gasteiger partial charge in [0, 0.05) is 18.3 Å². The van der Waals surface area contributed by atoms with Crippen LogP contribution in [0.3, 0.4) is 0 Å². The van der Waals surface area contributed by atoms with Gasteiger partial charge in [-0.1, -0.05) is 6.92 Å². The Bertz CT molecular complexity index is 348. The normalized spacial score (nSPS) is 12.2. The molecule has 0 aromatic carbocycles. The maximum atomic E-state index is 13.5. The Morgan fingerprint density at radius 3 is 2.88 bits per heavy atom. The molecule has 1 heterocycles. The van der Waals surface area contributed by atoms with E-state index in [-0.39, 0.29) is 11.9 Å². The fourth-order valence-electron chi connectivity index (χ4n) is 1.28. The molecule has 96 valence electrons. The highest BCUT2D eigenvalue weighted by atomic mass is 32.2. The minimum absolute atomic E-state index is 0.179. The van der Waals surface area contributed by atoms with Gasteiger partial charge in [0.05, 0.1) is 6.20 Å². The Balaban J connectivity index is 2.64. The summed E-state index contributed by atoms with van der Waals surface area (Å²) in [6.07, 6.45) is 1.19. The number of halogens is 1. The molecule has 0 aliphatic carbocycles. The van der Waals surface area contributed by atoms with Crippen molar-refractivity contribution in [1.82, 2.24) is 9.97 Å². The first-order chi connectivity index (χ1) is 8.17. The van der Waals surface area contributed by atoms with E-state index in [1.165, 1.54) is 6.20 Å². The van der Waals surface area contributed by atoms with Crippen molar-refractivity contribution >= 4 is 23.5 Å². The Hall–Kier alpha value is -1.04. The molecule has 0 bridgehead atoms. The summed E-state index contributed by atoms with van der Waals surface area (Å²) in [7, 11) is 0. The molecule has 0 saturated heterocycles. The minimum Gasteiger partial charge on any atom is -0.364 e. The van der Waals surface area contributed by atoms with Gasteiger partial charge in [-0.15, -0.1) is 0 Å². The molecule has 0 saturated carbocycles. The predicted octanol–water partition coefficient (Wildman–Crippen LogP) is 2.60. The summed E-state index contributed by atoms with van der Waals surface area (Å²) >= 11 is 1.81. The van der Waals surface area contributed by atoms with Crippen molar-refractivity contribution in [3.05, 3.63) is 12.0 Å². The van der Waals surface area contributed by atoms with E-state index in [1.807, 2.05) is 25.6 Å². The molecule has 6 heteroatoms. The lowest BCUT2D eigenvalue weighted by Crippen LogP contribution is -2.20. The zero-order valence-electron chi connectivity index (χ0n) is 10.5. The third kappa shape index (κ3) is 4.77. The number of thioether (sulfide) groups is 1. The van der Waals surface area contributed by atoms with Crippen LogP contribution in [-0.2, 0) is 0 Å². The summed E-state index contributed by atoms with van der Waals surface area (Å²) < 4.78 is 13.5. The van der Waals surface area contributed by atoms with Crippen molar-refractivity contribution < 1.29 is 4.39 Å². The fourth-order valence-corrected chi connectivity index (χ4v) is 1.95. The molecule has 17 heavy (non-hydrogen) atoms. The molecule has 2 N–H and O–H groups in total. The maximum absolute atomic E-state index is 13.5. The van der Waals surface area contributed by atoms with Crippen LogP contribution in [0.15, 0.2) is 6.20 Å². The van der Waals surface area contributed by atoms with E-state index in [0.29, 0.717) is 12.5 Å². The Morgan fingerprint density at radius 2 is 2.24 bits per heavy atom. The van der Waals surface area contributed by atoms with Crippen LogP contribution >= 0.6 is 11.8 Å². The van der Waals surface area contributed by atoms with Crippen molar-refractivity contribution in [3.63, 3.8) is 0 Å². The largest absolute Gasteiger partial charge is 0.364 e. The smallest absolute Gasteiger partial charge is 0.224 e. The average molecular weight is 258 g/mol. The molecule has 1 aromatic rings. The Kier molecular flexibility index (Phi) is 6.04. The second-order valence-electron chi connectivity index (χ2n) is 3.63. The number of anilines is 2. The molecule has 1 unspecified atom stereocenters. The fraction of sp³-hybridized carbons (Fsp3) is 0.636. The van der Waals surface area contributed by atoms with Gasteiger partial charge in [-0.3, -0.25) is 0 Å². The monoisotopic (exact) mass is 258 g/mol. The highest BCUT2D eigenvalue weighted by Gasteiger charge is 2.09. The number of hydrogen-bond donors (Lipinski definition) is 2. The number of aromatic nitrogens is 2. The van der Waals surface area contributed by atoms with Crippen LogP contribution in [0.1, 0.15) is 20.8 Å². The van der Waals surface area contributed by atoms with Gasteiger partial charge >= 0.3 is 0 Å². The first kappa shape index (κ1) is 14.0. The topological polar surface area (TPSA) is 49.8 Å². The molecular weight excluding hydrogens is 239 g/mol. The van der Waals surface area contributed by atoms with Crippen LogP contribution in [0.5, 0.6) is 0 Å². The first-order valence-corrected chi connectivity index (χ1v) is 6.93. The highest BCUT2D eigenvalue weighted by molar-refractivity contribution is 7.99. The van der Waals surface area contributed by atoms with E-state index in [1.54, 1.807) is 0 Å². The second-order valence-corrected chi connectivity index (χ2v) is 4.94. The molecule has 0 amide bonds. The van der Waals surface area contributed by atoms with Crippen molar-refractivity contribution in [2.45, 2.75) is 26.8 Å². The average Bonchev–Trinajstić information content (AvgIpc) is 2.31. The lowest BCUT2D eigenvalue weighted by molar-refractivity contribution is 0.615. The van der Waals surface area contributed by atoms with Crippen molar-refractivity contribution in [2.75, 3.05) is 28.7 Å². The van der Waals surface area contributed by atoms with E-state index < -0.39 is 5.82 Å². The van der Waals surface area contributed by atoms with Gasteiger partial charge in [0.1, 0.15) is 0 Å². The lowest BCUT2D eigenvalue weighted by atomic mass is 10.4. The third-order valence-corrected chi connectivity index (χ3v) is 3.18. The van der Waals surface area contributed by atoms with Crippen LogP contribution < -0.4 is 10.6 Å². The molecule has 0 radical (unpaired) electrons. The Morgan fingerprint density at radius 1 is 1.47 bits per heavy atom. The summed E-state index contributed by atoms with van der Waals surface area (Å²) in [5, 5.41) is 6.01. The zero-order chi connectivity index (χ0) is 12.7. The van der Waals surface area contributed by atoms with E-state index in [2.05, 4.69) is 27.5 Å². The second kappa shape index (κ2) is 7.32. The molecule has 1 rings (SSSR count). The highest BCUT2D eigenvalue weighted by Crippen LogP contribution is 2.14. The van der Waals surface area contributed by atoms with Gasteiger partial charge in [0.2, 0.25) is 5.95 Å². The van der Waals surface area contributed by atoms with E-state index in [4.69, 9.17) is 0 Å². The van der Waals surface area contributed by atoms with Gasteiger partial charge in [0.15, 0.2) is 11.6 Å². The van der Waals surface area contributed by atoms with Gasteiger partial charge in [0.25, 0.3) is 0 Å². The molecule has 1 atom stereocenters. The number of rotatable bonds is 7. The summed E-state index contributed by atoms with van der Waals surface area (Å²) in [4.78, 5) is 7.95. The summed E-state index contributed by atoms with van der Waals surface area (Å²) in [5.41, 5.74) is 0. The van der Waals surface area contributed by atoms with Gasteiger partial charge in [-0.2, -0.15) is 16.7 Å². The minimum atomic E-state index is -0.417. The first-order valence-electron chi connectivity index (χ1n) is 5.78. The SMILES string of the molecule is CCNc1ncc(F)c(NC(C)CSCC)n1. The number of hydrogen-bond acceptors (Lipinski definition) is 5. The van der Waals surface area contributed by atoms with Crippen LogP contribution in [0.4, 0.5) is 16.2 Å². The third-order valence-electron chi connectivity index (χ3n) is 2.03. The van der Waals surface area contributed by atoms with E-state index >= 15 is 0 Å². The van der Waals surface area contributed by atoms with E-state index in [0.717, 1.165) is 11.5 Å². The zero-order valence-corrected chi connectivity index (χ0v) is 11.3. The van der Waals surface area contributed by atoms with Crippen molar-refractivity contribution in [2.24, 2.45) is 0 Å². The van der Waals surface area contributed by atoms with Gasteiger partial charge in [-0.05, 0) is 19.6 Å². The van der Waals surface area contributed by atoms with Gasteiger partial charge in [-0.25, -0.2) is 9.37 Å². The van der Waals surface area contributed by atoms with Crippen molar-refractivity contribution in [3.8, 4) is 0 Å². The van der Waals surface area contributed by atoms with Crippen LogP contribution in [-0.4, -0.2) is 34.1 Å². The molecule has 0 aliphatic heterocycles. The molecule has 0 spiro atoms. The summed E-state index contributed by atoms with van der Waals surface area (Å²) in [6, 6.07) is 0.179. The van der Waals surface area contributed by atoms with E-state index in [9.17, 15) is 4.39 Å². The molecule has 0 aliphatic rings. The van der Waals surface area contributed by atoms with Crippen LogP contribution in [0.25, 0.3) is 0 Å². The Labute approximate surface area is 106 Å². The molecule has 0 fully saturated rings. The summed E-state index contributed by atoms with van der Waals surface area (Å²) in [6.45, 7) is 6.77.